The minimum Gasteiger partial charge on any atom is -0.467 e. The van der Waals surface area contributed by atoms with E-state index in [0.29, 0.717) is 46.7 Å². The van der Waals surface area contributed by atoms with Crippen molar-refractivity contribution in [3.63, 3.8) is 0 Å². The fourth-order valence-corrected chi connectivity index (χ4v) is 4.05. The Labute approximate surface area is 189 Å². The molecule has 0 aliphatic carbocycles. The van der Waals surface area contributed by atoms with Crippen LogP contribution < -0.4 is 5.32 Å². The molecule has 4 rings (SSSR count). The molecule has 0 unspecified atom stereocenters. The first-order valence-corrected chi connectivity index (χ1v) is 11.0. The predicted molar refractivity (Wildman–Crippen MR) is 121 cm³/mol. The van der Waals surface area contributed by atoms with Gasteiger partial charge in [0.05, 0.1) is 18.4 Å². The maximum absolute atomic E-state index is 14.3. The first kappa shape index (κ1) is 21.6. The van der Waals surface area contributed by atoms with Crippen LogP contribution in [0.2, 0.25) is 0 Å². The molecule has 32 heavy (non-hydrogen) atoms. The highest BCUT2D eigenvalue weighted by Crippen LogP contribution is 2.28. The average Bonchev–Trinajstić information content (AvgIpc) is 3.47. The van der Waals surface area contributed by atoms with Gasteiger partial charge in [0.25, 0.3) is 5.91 Å². The SMILES string of the molecule is C=CCn1c(SCc2cccc(C(=O)NCc3ccco3)c2)nnc1-c1ccccc1F. The van der Waals surface area contributed by atoms with Gasteiger partial charge in [-0.3, -0.25) is 9.36 Å². The lowest BCUT2D eigenvalue weighted by Crippen LogP contribution is -2.22. The van der Waals surface area contributed by atoms with Gasteiger partial charge in [0, 0.05) is 17.9 Å². The summed E-state index contributed by atoms with van der Waals surface area (Å²) in [5, 5.41) is 11.9. The molecule has 1 N–H and O–H groups in total. The molecule has 0 aliphatic rings. The molecular weight excluding hydrogens is 427 g/mol. The Balaban J connectivity index is 1.47. The Morgan fingerprint density at radius 2 is 2.03 bits per heavy atom. The van der Waals surface area contributed by atoms with Crippen LogP contribution in [0.5, 0.6) is 0 Å². The van der Waals surface area contributed by atoms with Crippen LogP contribution in [-0.4, -0.2) is 20.7 Å². The van der Waals surface area contributed by atoms with E-state index in [9.17, 15) is 9.18 Å². The van der Waals surface area contributed by atoms with E-state index < -0.39 is 0 Å². The van der Waals surface area contributed by atoms with Crippen molar-refractivity contribution >= 4 is 17.7 Å². The van der Waals surface area contributed by atoms with E-state index in [1.54, 1.807) is 42.7 Å². The van der Waals surface area contributed by atoms with Crippen LogP contribution >= 0.6 is 11.8 Å². The summed E-state index contributed by atoms with van der Waals surface area (Å²) >= 11 is 1.47. The number of thioether (sulfide) groups is 1. The number of amides is 1. The van der Waals surface area contributed by atoms with Gasteiger partial charge in [0.15, 0.2) is 11.0 Å². The van der Waals surface area contributed by atoms with Crippen LogP contribution in [0.3, 0.4) is 0 Å². The zero-order valence-electron chi connectivity index (χ0n) is 17.2. The quantitative estimate of drug-likeness (QED) is 0.285. The summed E-state index contributed by atoms with van der Waals surface area (Å²) in [6.45, 7) is 4.57. The molecular formula is C24H21FN4O2S. The number of rotatable bonds is 9. The van der Waals surface area contributed by atoms with Crippen molar-refractivity contribution in [2.75, 3.05) is 0 Å². The number of benzene rings is 2. The predicted octanol–water partition coefficient (Wildman–Crippen LogP) is 5.09. The van der Waals surface area contributed by atoms with Gasteiger partial charge in [0.1, 0.15) is 11.6 Å². The number of hydrogen-bond acceptors (Lipinski definition) is 5. The molecule has 2 aromatic carbocycles. The molecule has 0 radical (unpaired) electrons. The van der Waals surface area contributed by atoms with E-state index in [2.05, 4.69) is 22.1 Å². The number of carbonyl (C=O) groups excluding carboxylic acids is 1. The van der Waals surface area contributed by atoms with E-state index in [1.807, 2.05) is 28.8 Å². The third-order valence-corrected chi connectivity index (χ3v) is 5.74. The number of hydrogen-bond donors (Lipinski definition) is 1. The van der Waals surface area contributed by atoms with Crippen molar-refractivity contribution in [2.24, 2.45) is 0 Å². The fraction of sp³-hybridized carbons (Fsp3) is 0.125. The second-order valence-corrected chi connectivity index (χ2v) is 7.88. The molecule has 0 atom stereocenters. The summed E-state index contributed by atoms with van der Waals surface area (Å²) in [5.74, 6) is 1.19. The number of nitrogens with zero attached hydrogens (tertiary/aromatic N) is 3. The molecule has 0 saturated carbocycles. The molecule has 0 bridgehead atoms. The normalized spacial score (nSPS) is 10.8. The molecule has 0 fully saturated rings. The zero-order valence-corrected chi connectivity index (χ0v) is 18.0. The molecule has 0 aliphatic heterocycles. The highest BCUT2D eigenvalue weighted by atomic mass is 32.2. The first-order chi connectivity index (χ1) is 15.7. The number of aromatic nitrogens is 3. The van der Waals surface area contributed by atoms with E-state index in [0.717, 1.165) is 5.56 Å². The van der Waals surface area contributed by atoms with Crippen LogP contribution in [0, 0.1) is 5.82 Å². The first-order valence-electron chi connectivity index (χ1n) is 9.97. The van der Waals surface area contributed by atoms with Gasteiger partial charge in [-0.2, -0.15) is 0 Å². The van der Waals surface area contributed by atoms with Crippen molar-refractivity contribution < 1.29 is 13.6 Å². The van der Waals surface area contributed by atoms with Crippen LogP contribution in [0.15, 0.2) is 89.2 Å². The lowest BCUT2D eigenvalue weighted by Gasteiger charge is -2.09. The lowest BCUT2D eigenvalue weighted by atomic mass is 10.1. The zero-order chi connectivity index (χ0) is 22.3. The fourth-order valence-electron chi connectivity index (χ4n) is 3.16. The van der Waals surface area contributed by atoms with Crippen molar-refractivity contribution in [3.8, 4) is 11.4 Å². The Morgan fingerprint density at radius 1 is 1.16 bits per heavy atom. The number of allylic oxidation sites excluding steroid dienone is 1. The molecule has 0 saturated heterocycles. The van der Waals surface area contributed by atoms with Gasteiger partial charge in [-0.25, -0.2) is 4.39 Å². The highest BCUT2D eigenvalue weighted by Gasteiger charge is 2.16. The van der Waals surface area contributed by atoms with Crippen molar-refractivity contribution in [2.45, 2.75) is 24.0 Å². The molecule has 4 aromatic rings. The van der Waals surface area contributed by atoms with E-state index in [-0.39, 0.29) is 11.7 Å². The number of carbonyl (C=O) groups is 1. The summed E-state index contributed by atoms with van der Waals surface area (Å²) in [6.07, 6.45) is 3.30. The van der Waals surface area contributed by atoms with Gasteiger partial charge in [-0.1, -0.05) is 42.1 Å². The Hall–Kier alpha value is -3.65. The van der Waals surface area contributed by atoms with Crippen LogP contribution in [0.25, 0.3) is 11.4 Å². The summed E-state index contributed by atoms with van der Waals surface area (Å²) in [4.78, 5) is 12.5. The Bertz CT molecular complexity index is 1220. The summed E-state index contributed by atoms with van der Waals surface area (Å²) in [7, 11) is 0. The van der Waals surface area contributed by atoms with E-state index in [1.165, 1.54) is 17.8 Å². The molecule has 162 valence electrons. The summed E-state index contributed by atoms with van der Waals surface area (Å²) < 4.78 is 21.3. The molecule has 1 amide bonds. The maximum atomic E-state index is 14.3. The maximum Gasteiger partial charge on any atom is 0.251 e. The smallest absolute Gasteiger partial charge is 0.251 e. The van der Waals surface area contributed by atoms with Crippen molar-refractivity contribution in [1.82, 2.24) is 20.1 Å². The summed E-state index contributed by atoms with van der Waals surface area (Å²) in [6, 6.07) is 17.5. The molecule has 8 heteroatoms. The second-order valence-electron chi connectivity index (χ2n) is 6.94. The van der Waals surface area contributed by atoms with Crippen LogP contribution in [0.1, 0.15) is 21.7 Å². The minimum absolute atomic E-state index is 0.176. The van der Waals surface area contributed by atoms with E-state index >= 15 is 0 Å². The topological polar surface area (TPSA) is 73.0 Å². The van der Waals surface area contributed by atoms with Crippen molar-refractivity contribution in [3.05, 3.63) is 102 Å². The standard InChI is InChI=1S/C24H21FN4O2S/c1-2-12-29-22(20-10-3-4-11-21(20)25)27-28-24(29)32-16-17-7-5-8-18(14-17)23(30)26-15-19-9-6-13-31-19/h2-11,13-14H,1,12,15-16H2,(H,26,30). The highest BCUT2D eigenvalue weighted by molar-refractivity contribution is 7.98. The summed E-state index contributed by atoms with van der Waals surface area (Å²) in [5.41, 5.74) is 1.92. The Kier molecular flexibility index (Phi) is 6.81. The van der Waals surface area contributed by atoms with Gasteiger partial charge in [-0.15, -0.1) is 16.8 Å². The van der Waals surface area contributed by atoms with Gasteiger partial charge < -0.3 is 9.73 Å². The lowest BCUT2D eigenvalue weighted by molar-refractivity contribution is 0.0948. The largest absolute Gasteiger partial charge is 0.467 e. The van der Waals surface area contributed by atoms with E-state index in [4.69, 9.17) is 4.42 Å². The van der Waals surface area contributed by atoms with Crippen molar-refractivity contribution in [1.29, 1.82) is 0 Å². The molecule has 6 nitrogen and oxygen atoms in total. The Morgan fingerprint density at radius 3 is 2.81 bits per heavy atom. The average molecular weight is 449 g/mol. The van der Waals surface area contributed by atoms with Crippen LogP contribution in [0.4, 0.5) is 4.39 Å². The van der Waals surface area contributed by atoms with Gasteiger partial charge in [-0.05, 0) is 42.0 Å². The van der Waals surface area contributed by atoms with Crippen LogP contribution in [-0.2, 0) is 18.8 Å². The molecule has 2 aromatic heterocycles. The monoisotopic (exact) mass is 448 g/mol. The second kappa shape index (κ2) is 10.1. The molecule has 0 spiro atoms. The minimum atomic E-state index is -0.352. The van der Waals surface area contributed by atoms with Gasteiger partial charge in [0.2, 0.25) is 0 Å². The number of nitrogens with one attached hydrogen (secondary N) is 1. The molecule has 2 heterocycles. The van der Waals surface area contributed by atoms with Gasteiger partial charge >= 0.3 is 0 Å². The number of furan rings is 1. The third-order valence-electron chi connectivity index (χ3n) is 4.70. The number of halogens is 1. The third kappa shape index (κ3) is 4.97.